The molecule has 0 atom stereocenters. The van der Waals surface area contributed by atoms with Gasteiger partial charge < -0.3 is 0 Å². The molecule has 2 aromatic carbocycles. The predicted octanol–water partition coefficient (Wildman–Crippen LogP) is 5.03. The standard InChI is InChI=1S/C15H9Cl2NOS/c16-9-4-3-5-10(17)15(9)12(19)8-14-18-11-6-1-2-7-13(11)20-14/h1-7H,8H2. The van der Waals surface area contributed by atoms with Crippen molar-refractivity contribution in [3.05, 3.63) is 63.1 Å². The number of Topliss-reactive ketones (excluding diaryl/α,β-unsaturated/α-hetero) is 1. The Labute approximate surface area is 130 Å². The molecule has 3 aromatic rings. The Morgan fingerprint density at radius 3 is 2.45 bits per heavy atom. The second-order valence-corrected chi connectivity index (χ2v) is 6.20. The maximum absolute atomic E-state index is 12.3. The molecule has 0 spiro atoms. The number of para-hydroxylation sites is 1. The van der Waals surface area contributed by atoms with Crippen molar-refractivity contribution in [2.24, 2.45) is 0 Å². The van der Waals surface area contributed by atoms with Crippen LogP contribution in [0.4, 0.5) is 0 Å². The number of aromatic nitrogens is 1. The van der Waals surface area contributed by atoms with Gasteiger partial charge in [0.1, 0.15) is 5.01 Å². The van der Waals surface area contributed by atoms with Gasteiger partial charge in [-0.2, -0.15) is 0 Å². The van der Waals surface area contributed by atoms with Crippen molar-refractivity contribution in [3.8, 4) is 0 Å². The molecule has 1 heterocycles. The van der Waals surface area contributed by atoms with Gasteiger partial charge in [-0.3, -0.25) is 4.79 Å². The molecule has 0 aliphatic carbocycles. The molecule has 3 rings (SSSR count). The minimum atomic E-state index is -0.111. The number of fused-ring (bicyclic) bond motifs is 1. The molecule has 0 saturated carbocycles. The van der Waals surface area contributed by atoms with E-state index in [9.17, 15) is 4.79 Å². The third kappa shape index (κ3) is 2.57. The van der Waals surface area contributed by atoms with Crippen molar-refractivity contribution in [2.45, 2.75) is 6.42 Å². The summed E-state index contributed by atoms with van der Waals surface area (Å²) in [4.78, 5) is 16.8. The minimum Gasteiger partial charge on any atom is -0.294 e. The van der Waals surface area contributed by atoms with Gasteiger partial charge >= 0.3 is 0 Å². The van der Waals surface area contributed by atoms with Crippen LogP contribution >= 0.6 is 34.5 Å². The van der Waals surface area contributed by atoms with Gasteiger partial charge in [-0.1, -0.05) is 41.4 Å². The van der Waals surface area contributed by atoms with Crippen LogP contribution in [0.15, 0.2) is 42.5 Å². The van der Waals surface area contributed by atoms with Crippen molar-refractivity contribution < 1.29 is 4.79 Å². The van der Waals surface area contributed by atoms with Gasteiger partial charge in [0.15, 0.2) is 5.78 Å². The molecular weight excluding hydrogens is 313 g/mol. The number of rotatable bonds is 3. The number of ketones is 1. The maximum Gasteiger partial charge on any atom is 0.172 e. The summed E-state index contributed by atoms with van der Waals surface area (Å²) in [5, 5.41) is 1.53. The highest BCUT2D eigenvalue weighted by molar-refractivity contribution is 7.18. The molecule has 0 unspecified atom stereocenters. The summed E-state index contributed by atoms with van der Waals surface area (Å²) >= 11 is 13.6. The van der Waals surface area contributed by atoms with Crippen molar-refractivity contribution in [1.82, 2.24) is 4.98 Å². The summed E-state index contributed by atoms with van der Waals surface area (Å²) in [6.07, 6.45) is 0.211. The van der Waals surface area contributed by atoms with Crippen molar-refractivity contribution in [3.63, 3.8) is 0 Å². The van der Waals surface area contributed by atoms with Crippen LogP contribution in [0.3, 0.4) is 0 Å². The van der Waals surface area contributed by atoms with Gasteiger partial charge in [0.05, 0.1) is 32.2 Å². The molecule has 2 nitrogen and oxygen atoms in total. The van der Waals surface area contributed by atoms with Gasteiger partial charge in [0.25, 0.3) is 0 Å². The first kappa shape index (κ1) is 13.6. The van der Waals surface area contributed by atoms with Crippen LogP contribution in [0.2, 0.25) is 10.0 Å². The van der Waals surface area contributed by atoms with E-state index in [0.717, 1.165) is 15.2 Å². The summed E-state index contributed by atoms with van der Waals surface area (Å²) in [7, 11) is 0. The quantitative estimate of drug-likeness (QED) is 0.633. The van der Waals surface area contributed by atoms with Crippen LogP contribution in [0.25, 0.3) is 10.2 Å². The van der Waals surface area contributed by atoms with E-state index in [0.29, 0.717) is 15.6 Å². The van der Waals surface area contributed by atoms with Gasteiger partial charge in [0.2, 0.25) is 0 Å². The number of halogens is 2. The van der Waals surface area contributed by atoms with Crippen LogP contribution < -0.4 is 0 Å². The van der Waals surface area contributed by atoms with Crippen LogP contribution in [-0.2, 0) is 6.42 Å². The zero-order valence-corrected chi connectivity index (χ0v) is 12.6. The normalized spacial score (nSPS) is 10.9. The van der Waals surface area contributed by atoms with E-state index >= 15 is 0 Å². The lowest BCUT2D eigenvalue weighted by molar-refractivity contribution is 0.0993. The number of benzene rings is 2. The van der Waals surface area contributed by atoms with E-state index < -0.39 is 0 Å². The summed E-state index contributed by atoms with van der Waals surface area (Å²) < 4.78 is 1.07. The fourth-order valence-corrected chi connectivity index (χ4v) is 3.56. The first-order chi connectivity index (χ1) is 9.65. The SMILES string of the molecule is O=C(Cc1nc2ccccc2s1)c1c(Cl)cccc1Cl. The lowest BCUT2D eigenvalue weighted by atomic mass is 10.1. The molecule has 0 N–H and O–H groups in total. The first-order valence-electron chi connectivity index (χ1n) is 5.97. The van der Waals surface area contributed by atoms with Gasteiger partial charge in [-0.15, -0.1) is 11.3 Å². The van der Waals surface area contributed by atoms with E-state index in [1.54, 1.807) is 18.2 Å². The van der Waals surface area contributed by atoms with Crippen molar-refractivity contribution in [2.75, 3.05) is 0 Å². The first-order valence-corrected chi connectivity index (χ1v) is 7.54. The number of hydrogen-bond acceptors (Lipinski definition) is 3. The summed E-state index contributed by atoms with van der Waals surface area (Å²) in [5.74, 6) is -0.111. The second-order valence-electron chi connectivity index (χ2n) is 4.27. The fraction of sp³-hybridized carbons (Fsp3) is 0.0667. The zero-order chi connectivity index (χ0) is 14.1. The van der Waals surface area contributed by atoms with Crippen LogP contribution in [0.1, 0.15) is 15.4 Å². The molecule has 5 heteroatoms. The molecule has 0 amide bonds. The van der Waals surface area contributed by atoms with Gasteiger partial charge in [0, 0.05) is 0 Å². The number of thiazole rings is 1. The molecular formula is C15H9Cl2NOS. The number of carbonyl (C=O) groups is 1. The van der Waals surface area contributed by atoms with E-state index in [4.69, 9.17) is 23.2 Å². The van der Waals surface area contributed by atoms with Crippen molar-refractivity contribution in [1.29, 1.82) is 0 Å². The monoisotopic (exact) mass is 321 g/mol. The highest BCUT2D eigenvalue weighted by Crippen LogP contribution is 2.27. The van der Waals surface area contributed by atoms with Gasteiger partial charge in [-0.25, -0.2) is 4.98 Å². The summed E-state index contributed by atoms with van der Waals surface area (Å²) in [6, 6.07) is 12.9. The number of carbonyl (C=O) groups excluding carboxylic acids is 1. The Morgan fingerprint density at radius 2 is 1.75 bits per heavy atom. The largest absolute Gasteiger partial charge is 0.294 e. The third-order valence-corrected chi connectivity index (χ3v) is 4.56. The smallest absolute Gasteiger partial charge is 0.172 e. The van der Waals surface area contributed by atoms with Crippen LogP contribution in [0.5, 0.6) is 0 Å². The Kier molecular flexibility index (Phi) is 3.74. The molecule has 0 aliphatic heterocycles. The Balaban J connectivity index is 1.92. The Hall–Kier alpha value is -1.42. The Morgan fingerprint density at radius 1 is 1.05 bits per heavy atom. The maximum atomic E-state index is 12.3. The predicted molar refractivity (Wildman–Crippen MR) is 84.1 cm³/mol. The zero-order valence-electron chi connectivity index (χ0n) is 10.3. The number of hydrogen-bond donors (Lipinski definition) is 0. The Bertz CT molecular complexity index is 744. The highest BCUT2D eigenvalue weighted by atomic mass is 35.5. The fourth-order valence-electron chi connectivity index (χ4n) is 1.99. The lowest BCUT2D eigenvalue weighted by Gasteiger charge is -2.04. The molecule has 0 bridgehead atoms. The molecule has 1 aromatic heterocycles. The molecule has 0 fully saturated rings. The molecule has 100 valence electrons. The van der Waals surface area contributed by atoms with Crippen LogP contribution in [-0.4, -0.2) is 10.8 Å². The summed E-state index contributed by atoms with van der Waals surface area (Å²) in [5.41, 5.74) is 1.28. The topological polar surface area (TPSA) is 30.0 Å². The lowest BCUT2D eigenvalue weighted by Crippen LogP contribution is -2.04. The van der Waals surface area contributed by atoms with Crippen LogP contribution in [0, 0.1) is 0 Å². The van der Waals surface area contributed by atoms with E-state index in [1.165, 1.54) is 11.3 Å². The second kappa shape index (κ2) is 5.52. The van der Waals surface area contributed by atoms with E-state index in [-0.39, 0.29) is 12.2 Å². The molecule has 0 radical (unpaired) electrons. The third-order valence-electron chi connectivity index (χ3n) is 2.89. The van der Waals surface area contributed by atoms with Crippen molar-refractivity contribution >= 4 is 50.5 Å². The molecule has 20 heavy (non-hydrogen) atoms. The average Bonchev–Trinajstić information content (AvgIpc) is 2.80. The average molecular weight is 322 g/mol. The number of nitrogens with zero attached hydrogens (tertiary/aromatic N) is 1. The minimum absolute atomic E-state index is 0.111. The van der Waals surface area contributed by atoms with Gasteiger partial charge in [-0.05, 0) is 24.3 Å². The summed E-state index contributed by atoms with van der Waals surface area (Å²) in [6.45, 7) is 0. The van der Waals surface area contributed by atoms with E-state index in [2.05, 4.69) is 4.98 Å². The molecule has 0 saturated heterocycles. The van der Waals surface area contributed by atoms with E-state index in [1.807, 2.05) is 24.3 Å². The highest BCUT2D eigenvalue weighted by Gasteiger charge is 2.16. The molecule has 0 aliphatic rings.